The number of benzene rings is 1. The van der Waals surface area contributed by atoms with Crippen molar-refractivity contribution < 1.29 is 9.59 Å². The molecule has 2 amide bonds. The van der Waals surface area contributed by atoms with Crippen molar-refractivity contribution in [2.24, 2.45) is 11.8 Å². The molecule has 144 valence electrons. The highest BCUT2D eigenvalue weighted by Crippen LogP contribution is 2.18. The summed E-state index contributed by atoms with van der Waals surface area (Å²) in [5, 5.41) is 6.01. The topological polar surface area (TPSA) is 61.4 Å². The van der Waals surface area contributed by atoms with Crippen LogP contribution in [0.2, 0.25) is 0 Å². The van der Waals surface area contributed by atoms with E-state index in [1.807, 2.05) is 25.1 Å². The molecule has 0 aliphatic carbocycles. The number of nitrogens with one attached hydrogen (secondary N) is 2. The maximum atomic E-state index is 12.3. The first-order chi connectivity index (χ1) is 12.3. The molecular weight excluding hydrogens is 326 g/mol. The molecule has 1 saturated heterocycles. The van der Waals surface area contributed by atoms with Crippen LogP contribution in [0.25, 0.3) is 0 Å². The molecule has 0 radical (unpaired) electrons. The van der Waals surface area contributed by atoms with Gasteiger partial charge in [-0.2, -0.15) is 0 Å². The first-order valence-electron chi connectivity index (χ1n) is 9.72. The number of anilines is 1. The van der Waals surface area contributed by atoms with Gasteiger partial charge in [-0.3, -0.25) is 14.5 Å². The molecule has 0 bridgehead atoms. The van der Waals surface area contributed by atoms with E-state index < -0.39 is 0 Å². The van der Waals surface area contributed by atoms with Crippen LogP contribution in [-0.2, 0) is 9.59 Å². The smallest absolute Gasteiger partial charge is 0.238 e. The summed E-state index contributed by atoms with van der Waals surface area (Å²) in [6, 6.07) is 5.96. The lowest BCUT2D eigenvalue weighted by Gasteiger charge is -2.30. The molecule has 1 aliphatic rings. The lowest BCUT2D eigenvalue weighted by molar-refractivity contribution is -0.126. The van der Waals surface area contributed by atoms with Crippen LogP contribution < -0.4 is 10.6 Å². The summed E-state index contributed by atoms with van der Waals surface area (Å²) in [4.78, 5) is 26.6. The molecule has 2 rings (SSSR count). The van der Waals surface area contributed by atoms with Gasteiger partial charge in [0.15, 0.2) is 0 Å². The number of likely N-dealkylation sites (tertiary alicyclic amines) is 1. The molecule has 5 nitrogen and oxygen atoms in total. The predicted molar refractivity (Wildman–Crippen MR) is 106 cm³/mol. The van der Waals surface area contributed by atoms with Gasteiger partial charge in [-0.1, -0.05) is 19.9 Å². The number of aryl methyl sites for hydroxylation is 2. The zero-order valence-electron chi connectivity index (χ0n) is 16.6. The van der Waals surface area contributed by atoms with E-state index in [0.717, 1.165) is 44.6 Å². The van der Waals surface area contributed by atoms with Crippen LogP contribution in [0.3, 0.4) is 0 Å². The number of carbonyl (C=O) groups is 2. The Morgan fingerprint density at radius 1 is 1.15 bits per heavy atom. The van der Waals surface area contributed by atoms with Crippen molar-refractivity contribution in [3.05, 3.63) is 29.3 Å². The third kappa shape index (κ3) is 6.45. The monoisotopic (exact) mass is 359 g/mol. The lowest BCUT2D eigenvalue weighted by atomic mass is 9.95. The van der Waals surface area contributed by atoms with Gasteiger partial charge in [0.2, 0.25) is 11.8 Å². The molecule has 0 unspecified atom stereocenters. The van der Waals surface area contributed by atoms with Crippen molar-refractivity contribution in [1.29, 1.82) is 0 Å². The van der Waals surface area contributed by atoms with Gasteiger partial charge in [-0.05, 0) is 75.4 Å². The van der Waals surface area contributed by atoms with Gasteiger partial charge in [-0.25, -0.2) is 0 Å². The van der Waals surface area contributed by atoms with E-state index in [1.54, 1.807) is 0 Å². The van der Waals surface area contributed by atoms with E-state index in [4.69, 9.17) is 0 Å². The summed E-state index contributed by atoms with van der Waals surface area (Å²) in [5.41, 5.74) is 3.24. The van der Waals surface area contributed by atoms with Crippen molar-refractivity contribution in [2.75, 3.05) is 31.5 Å². The number of carbonyl (C=O) groups excluding carboxylic acids is 2. The molecule has 0 atom stereocenters. The van der Waals surface area contributed by atoms with Gasteiger partial charge < -0.3 is 10.6 Å². The van der Waals surface area contributed by atoms with E-state index in [9.17, 15) is 9.59 Å². The molecule has 0 saturated carbocycles. The van der Waals surface area contributed by atoms with Gasteiger partial charge in [0, 0.05) is 18.2 Å². The van der Waals surface area contributed by atoms with Crippen molar-refractivity contribution in [3.63, 3.8) is 0 Å². The fourth-order valence-corrected chi connectivity index (χ4v) is 3.20. The summed E-state index contributed by atoms with van der Waals surface area (Å²) in [6.45, 7) is 11.2. The average molecular weight is 360 g/mol. The number of hydrogen-bond acceptors (Lipinski definition) is 3. The molecule has 1 fully saturated rings. The first-order valence-corrected chi connectivity index (χ1v) is 9.72. The van der Waals surface area contributed by atoms with Crippen LogP contribution >= 0.6 is 0 Å². The van der Waals surface area contributed by atoms with E-state index in [1.165, 1.54) is 11.1 Å². The third-order valence-electron chi connectivity index (χ3n) is 5.14. The summed E-state index contributed by atoms with van der Waals surface area (Å²) in [6.07, 6.45) is 2.66. The van der Waals surface area contributed by atoms with Crippen LogP contribution in [0.1, 0.15) is 44.2 Å². The van der Waals surface area contributed by atoms with Gasteiger partial charge in [-0.15, -0.1) is 0 Å². The fourth-order valence-electron chi connectivity index (χ4n) is 3.20. The minimum absolute atomic E-state index is 0.00749. The predicted octanol–water partition coefficient (Wildman–Crippen LogP) is 3.12. The molecule has 1 aliphatic heterocycles. The lowest BCUT2D eigenvalue weighted by Crippen LogP contribution is -2.43. The van der Waals surface area contributed by atoms with Crippen molar-refractivity contribution in [3.8, 4) is 0 Å². The summed E-state index contributed by atoms with van der Waals surface area (Å²) in [5.74, 6) is 0.868. The molecule has 1 heterocycles. The van der Waals surface area contributed by atoms with Gasteiger partial charge in [0.1, 0.15) is 0 Å². The Balaban J connectivity index is 1.71. The van der Waals surface area contributed by atoms with Crippen LogP contribution in [0.5, 0.6) is 0 Å². The third-order valence-corrected chi connectivity index (χ3v) is 5.14. The number of piperidine rings is 1. The maximum Gasteiger partial charge on any atom is 0.238 e. The zero-order valence-corrected chi connectivity index (χ0v) is 16.6. The maximum absolute atomic E-state index is 12.3. The van der Waals surface area contributed by atoms with Crippen molar-refractivity contribution in [1.82, 2.24) is 10.2 Å². The highest BCUT2D eigenvalue weighted by atomic mass is 16.2. The Hall–Kier alpha value is -1.88. The average Bonchev–Trinajstić information content (AvgIpc) is 2.58. The summed E-state index contributed by atoms with van der Waals surface area (Å²) >= 11 is 0. The van der Waals surface area contributed by atoms with Crippen molar-refractivity contribution in [2.45, 2.75) is 47.0 Å². The molecule has 0 spiro atoms. The number of rotatable bonds is 7. The Kier molecular flexibility index (Phi) is 7.64. The number of amides is 2. The number of hydrogen-bond donors (Lipinski definition) is 2. The Labute approximate surface area is 157 Å². The molecule has 5 heteroatoms. The Bertz CT molecular complexity index is 620. The van der Waals surface area contributed by atoms with E-state index in [2.05, 4.69) is 36.3 Å². The minimum atomic E-state index is 0.00749. The van der Waals surface area contributed by atoms with Crippen LogP contribution in [-0.4, -0.2) is 42.9 Å². The highest BCUT2D eigenvalue weighted by molar-refractivity contribution is 5.92. The summed E-state index contributed by atoms with van der Waals surface area (Å²) in [7, 11) is 0. The quantitative estimate of drug-likeness (QED) is 0.786. The minimum Gasteiger partial charge on any atom is -0.356 e. The van der Waals surface area contributed by atoms with Crippen LogP contribution in [0.15, 0.2) is 18.2 Å². The van der Waals surface area contributed by atoms with Gasteiger partial charge >= 0.3 is 0 Å². The Morgan fingerprint density at radius 2 is 1.85 bits per heavy atom. The Morgan fingerprint density at radius 3 is 2.46 bits per heavy atom. The second-order valence-electron chi connectivity index (χ2n) is 7.87. The first kappa shape index (κ1) is 20.4. The van der Waals surface area contributed by atoms with E-state index >= 15 is 0 Å². The second-order valence-corrected chi connectivity index (χ2v) is 7.87. The molecule has 0 aromatic heterocycles. The molecule has 1 aromatic carbocycles. The van der Waals surface area contributed by atoms with Crippen LogP contribution in [0.4, 0.5) is 5.69 Å². The standard InChI is InChI=1S/C21H33N3O2/c1-15(2)7-10-22-21(26)18-8-11-24(12-9-18)14-20(25)23-19-6-5-16(3)17(4)13-19/h5-6,13,15,18H,7-12,14H2,1-4H3,(H,22,26)(H,23,25). The fraction of sp³-hybridized carbons (Fsp3) is 0.619. The second kappa shape index (κ2) is 9.72. The van der Waals surface area contributed by atoms with Gasteiger partial charge in [0.25, 0.3) is 0 Å². The molecule has 2 N–H and O–H groups in total. The van der Waals surface area contributed by atoms with E-state index in [-0.39, 0.29) is 17.7 Å². The summed E-state index contributed by atoms with van der Waals surface area (Å²) < 4.78 is 0. The zero-order chi connectivity index (χ0) is 19.1. The van der Waals surface area contributed by atoms with E-state index in [0.29, 0.717) is 12.5 Å². The van der Waals surface area contributed by atoms with Crippen molar-refractivity contribution >= 4 is 17.5 Å². The molecular formula is C21H33N3O2. The van der Waals surface area contributed by atoms with Crippen LogP contribution in [0, 0.1) is 25.7 Å². The number of nitrogens with zero attached hydrogens (tertiary/aromatic N) is 1. The van der Waals surface area contributed by atoms with Gasteiger partial charge in [0.05, 0.1) is 6.54 Å². The molecule has 26 heavy (non-hydrogen) atoms. The largest absolute Gasteiger partial charge is 0.356 e. The SMILES string of the molecule is Cc1ccc(NC(=O)CN2CCC(C(=O)NCCC(C)C)CC2)cc1C. The molecule has 1 aromatic rings. The normalized spacial score (nSPS) is 15.9. The highest BCUT2D eigenvalue weighted by Gasteiger charge is 2.25.